The largest absolute Gasteiger partial charge is 0.313 e. The molecule has 1 aromatic rings. The summed E-state index contributed by atoms with van der Waals surface area (Å²) >= 11 is 2.05. The van der Waals surface area contributed by atoms with Crippen molar-refractivity contribution in [2.75, 3.05) is 12.3 Å². The van der Waals surface area contributed by atoms with Gasteiger partial charge in [-0.3, -0.25) is 4.68 Å². The summed E-state index contributed by atoms with van der Waals surface area (Å²) in [5.74, 6) is 2.24. The molecule has 0 saturated carbocycles. The summed E-state index contributed by atoms with van der Waals surface area (Å²) in [7, 11) is 0. The van der Waals surface area contributed by atoms with Crippen LogP contribution in [0.1, 0.15) is 46.4 Å². The molecule has 1 rings (SSSR count). The Bertz CT molecular complexity index is 340. The van der Waals surface area contributed by atoms with Crippen molar-refractivity contribution in [3.8, 4) is 0 Å². The summed E-state index contributed by atoms with van der Waals surface area (Å²) in [5.41, 5.74) is 0. The molecule has 110 valence electrons. The highest BCUT2D eigenvalue weighted by Gasteiger charge is 2.14. The summed E-state index contributed by atoms with van der Waals surface area (Å²) in [6, 6.07) is 0.494. The fourth-order valence-corrected chi connectivity index (χ4v) is 2.90. The standard InChI is InChI=1S/C14H28N4S/c1-5-8-15-13(10-19-12(4)6-2)9-14-16-11-17-18(14)7-3/h11-13,15H,5-10H2,1-4H3. The van der Waals surface area contributed by atoms with E-state index in [1.807, 2.05) is 4.68 Å². The van der Waals surface area contributed by atoms with E-state index >= 15 is 0 Å². The molecule has 1 N–H and O–H groups in total. The topological polar surface area (TPSA) is 42.7 Å². The van der Waals surface area contributed by atoms with Gasteiger partial charge in [-0.2, -0.15) is 16.9 Å². The van der Waals surface area contributed by atoms with Crippen molar-refractivity contribution < 1.29 is 0 Å². The highest BCUT2D eigenvalue weighted by atomic mass is 32.2. The molecular weight excluding hydrogens is 256 g/mol. The Labute approximate surface area is 121 Å². The van der Waals surface area contributed by atoms with E-state index in [4.69, 9.17) is 0 Å². The van der Waals surface area contributed by atoms with Gasteiger partial charge < -0.3 is 5.32 Å². The van der Waals surface area contributed by atoms with Crippen LogP contribution < -0.4 is 5.32 Å². The molecule has 0 spiro atoms. The maximum absolute atomic E-state index is 4.38. The Kier molecular flexibility index (Phi) is 8.14. The van der Waals surface area contributed by atoms with Crippen molar-refractivity contribution in [3.05, 3.63) is 12.2 Å². The Morgan fingerprint density at radius 1 is 1.37 bits per heavy atom. The predicted octanol–water partition coefficient (Wildman–Crippen LogP) is 2.74. The number of hydrogen-bond acceptors (Lipinski definition) is 4. The Balaban J connectivity index is 2.53. The third-order valence-corrected chi connectivity index (χ3v) is 4.76. The van der Waals surface area contributed by atoms with Crippen LogP contribution in [0, 0.1) is 0 Å². The van der Waals surface area contributed by atoms with Crippen molar-refractivity contribution in [2.24, 2.45) is 0 Å². The van der Waals surface area contributed by atoms with E-state index in [-0.39, 0.29) is 0 Å². The molecule has 0 aliphatic heterocycles. The van der Waals surface area contributed by atoms with Gasteiger partial charge in [0.25, 0.3) is 0 Å². The van der Waals surface area contributed by atoms with E-state index in [1.165, 1.54) is 12.8 Å². The highest BCUT2D eigenvalue weighted by Crippen LogP contribution is 2.16. The molecule has 0 fully saturated rings. The van der Waals surface area contributed by atoms with Crippen LogP contribution in [0.2, 0.25) is 0 Å². The normalized spacial score (nSPS) is 14.5. The number of aromatic nitrogens is 3. The molecule has 0 amide bonds. The van der Waals surface area contributed by atoms with Crippen LogP contribution in [0.4, 0.5) is 0 Å². The number of nitrogens with one attached hydrogen (secondary N) is 1. The molecular formula is C14H28N4S. The first kappa shape index (κ1) is 16.5. The maximum atomic E-state index is 4.38. The molecule has 0 aliphatic carbocycles. The van der Waals surface area contributed by atoms with Gasteiger partial charge >= 0.3 is 0 Å². The van der Waals surface area contributed by atoms with Crippen molar-refractivity contribution >= 4 is 11.8 Å². The van der Waals surface area contributed by atoms with Crippen LogP contribution in [0.5, 0.6) is 0 Å². The molecule has 2 unspecified atom stereocenters. The average molecular weight is 284 g/mol. The highest BCUT2D eigenvalue weighted by molar-refractivity contribution is 7.99. The zero-order valence-corrected chi connectivity index (χ0v) is 13.5. The van der Waals surface area contributed by atoms with E-state index in [2.05, 4.69) is 54.9 Å². The van der Waals surface area contributed by atoms with E-state index in [0.29, 0.717) is 6.04 Å². The van der Waals surface area contributed by atoms with Crippen LogP contribution in [-0.2, 0) is 13.0 Å². The number of rotatable bonds is 10. The van der Waals surface area contributed by atoms with Gasteiger partial charge in [0, 0.05) is 30.0 Å². The number of aryl methyl sites for hydroxylation is 1. The van der Waals surface area contributed by atoms with Gasteiger partial charge in [0.2, 0.25) is 0 Å². The zero-order valence-electron chi connectivity index (χ0n) is 12.7. The molecule has 19 heavy (non-hydrogen) atoms. The van der Waals surface area contributed by atoms with Crippen molar-refractivity contribution in [1.82, 2.24) is 20.1 Å². The lowest BCUT2D eigenvalue weighted by molar-refractivity contribution is 0.513. The second-order valence-electron chi connectivity index (χ2n) is 4.90. The second kappa shape index (κ2) is 9.37. The average Bonchev–Trinajstić information content (AvgIpc) is 2.88. The maximum Gasteiger partial charge on any atom is 0.138 e. The second-order valence-corrected chi connectivity index (χ2v) is 6.37. The summed E-state index contributed by atoms with van der Waals surface area (Å²) in [6.07, 6.45) is 5.04. The van der Waals surface area contributed by atoms with Crippen molar-refractivity contribution in [1.29, 1.82) is 0 Å². The number of nitrogens with zero attached hydrogens (tertiary/aromatic N) is 3. The lowest BCUT2D eigenvalue weighted by atomic mass is 10.2. The SMILES string of the molecule is CCCNC(CSC(C)CC)Cc1ncnn1CC. The van der Waals surface area contributed by atoms with Gasteiger partial charge in [0.05, 0.1) is 0 Å². The molecule has 0 saturated heterocycles. The summed E-state index contributed by atoms with van der Waals surface area (Å²) in [4.78, 5) is 4.38. The summed E-state index contributed by atoms with van der Waals surface area (Å²) < 4.78 is 1.99. The third kappa shape index (κ3) is 5.95. The molecule has 4 nitrogen and oxygen atoms in total. The van der Waals surface area contributed by atoms with Crippen LogP contribution in [0.15, 0.2) is 6.33 Å². The van der Waals surface area contributed by atoms with Gasteiger partial charge in [-0.1, -0.05) is 20.8 Å². The third-order valence-electron chi connectivity index (χ3n) is 3.26. The van der Waals surface area contributed by atoms with E-state index < -0.39 is 0 Å². The summed E-state index contributed by atoms with van der Waals surface area (Å²) in [5, 5.41) is 8.62. The lowest BCUT2D eigenvalue weighted by Gasteiger charge is -2.19. The first-order valence-electron chi connectivity index (χ1n) is 7.42. The van der Waals surface area contributed by atoms with E-state index in [0.717, 1.165) is 36.3 Å². The Morgan fingerprint density at radius 3 is 2.79 bits per heavy atom. The molecule has 1 heterocycles. The first-order chi connectivity index (χ1) is 9.21. The fourth-order valence-electron chi connectivity index (χ4n) is 1.87. The van der Waals surface area contributed by atoms with Crippen LogP contribution in [0.3, 0.4) is 0 Å². The smallest absolute Gasteiger partial charge is 0.138 e. The molecule has 0 aromatic carbocycles. The molecule has 5 heteroatoms. The van der Waals surface area contributed by atoms with Gasteiger partial charge in [0.1, 0.15) is 12.2 Å². The van der Waals surface area contributed by atoms with Crippen LogP contribution in [-0.4, -0.2) is 38.4 Å². The van der Waals surface area contributed by atoms with Crippen LogP contribution >= 0.6 is 11.8 Å². The number of thioether (sulfide) groups is 1. The molecule has 2 atom stereocenters. The number of hydrogen-bond donors (Lipinski definition) is 1. The lowest BCUT2D eigenvalue weighted by Crippen LogP contribution is -2.35. The minimum Gasteiger partial charge on any atom is -0.313 e. The van der Waals surface area contributed by atoms with E-state index in [9.17, 15) is 0 Å². The van der Waals surface area contributed by atoms with Crippen LogP contribution in [0.25, 0.3) is 0 Å². The monoisotopic (exact) mass is 284 g/mol. The quantitative estimate of drug-likeness (QED) is 0.717. The fraction of sp³-hybridized carbons (Fsp3) is 0.857. The predicted molar refractivity (Wildman–Crippen MR) is 83.7 cm³/mol. The molecule has 1 aromatic heterocycles. The molecule has 0 radical (unpaired) electrons. The zero-order chi connectivity index (χ0) is 14.1. The Hall–Kier alpha value is -0.550. The van der Waals surface area contributed by atoms with Gasteiger partial charge in [0.15, 0.2) is 0 Å². The van der Waals surface area contributed by atoms with Crippen molar-refractivity contribution in [3.63, 3.8) is 0 Å². The molecule has 0 aliphatic rings. The van der Waals surface area contributed by atoms with Crippen molar-refractivity contribution in [2.45, 2.75) is 64.8 Å². The van der Waals surface area contributed by atoms with Gasteiger partial charge in [-0.25, -0.2) is 4.98 Å². The first-order valence-corrected chi connectivity index (χ1v) is 8.47. The minimum absolute atomic E-state index is 0.494. The van der Waals surface area contributed by atoms with Gasteiger partial charge in [-0.15, -0.1) is 0 Å². The Morgan fingerprint density at radius 2 is 2.16 bits per heavy atom. The van der Waals surface area contributed by atoms with Gasteiger partial charge in [-0.05, 0) is 26.3 Å². The minimum atomic E-state index is 0.494. The molecule has 0 bridgehead atoms. The summed E-state index contributed by atoms with van der Waals surface area (Å²) in [6.45, 7) is 10.8. The van der Waals surface area contributed by atoms with E-state index in [1.54, 1.807) is 6.33 Å².